The van der Waals surface area contributed by atoms with Crippen molar-refractivity contribution >= 4 is 40.1 Å². The summed E-state index contributed by atoms with van der Waals surface area (Å²) in [7, 11) is 0. The molecule has 1 amide bonds. The standard InChI is InChI=1S/C26H27FN8O2/c1-26(2,28)17-4-3-5-18(13-17)32-24(36)16-6-7-19(27)20(12-16)33-23-22-21(30-15-31-23)14-29-25(34-22)35-8-10-37-11-9-35/h3-7,12-15H,8-11,28H2,1-2H3,(H,32,36)(H,30,31,33). The maximum Gasteiger partial charge on any atom is 0.255 e. The molecule has 1 saturated heterocycles. The molecule has 0 spiro atoms. The number of aromatic nitrogens is 4. The topological polar surface area (TPSA) is 131 Å². The van der Waals surface area contributed by atoms with E-state index in [2.05, 4.69) is 30.6 Å². The van der Waals surface area contributed by atoms with Crippen molar-refractivity contribution in [2.45, 2.75) is 19.4 Å². The molecule has 0 unspecified atom stereocenters. The molecule has 2 aromatic heterocycles. The lowest BCUT2D eigenvalue weighted by molar-refractivity contribution is 0.102. The van der Waals surface area contributed by atoms with Gasteiger partial charge in [0, 0.05) is 29.9 Å². The van der Waals surface area contributed by atoms with Crippen molar-refractivity contribution in [1.82, 2.24) is 19.9 Å². The van der Waals surface area contributed by atoms with E-state index in [0.29, 0.717) is 54.8 Å². The first kappa shape index (κ1) is 24.5. The summed E-state index contributed by atoms with van der Waals surface area (Å²) in [5.41, 5.74) is 8.38. The van der Waals surface area contributed by atoms with Gasteiger partial charge in [-0.1, -0.05) is 12.1 Å². The van der Waals surface area contributed by atoms with Crippen LogP contribution in [0.15, 0.2) is 55.0 Å². The van der Waals surface area contributed by atoms with Gasteiger partial charge in [-0.15, -0.1) is 0 Å². The van der Waals surface area contributed by atoms with Crippen LogP contribution in [-0.4, -0.2) is 52.1 Å². The molecule has 1 aliphatic heterocycles. The van der Waals surface area contributed by atoms with E-state index >= 15 is 0 Å². The van der Waals surface area contributed by atoms with Crippen LogP contribution >= 0.6 is 0 Å². The molecule has 5 rings (SSSR count). The Labute approximate surface area is 213 Å². The maximum atomic E-state index is 14.8. The van der Waals surface area contributed by atoms with Crippen molar-refractivity contribution in [3.8, 4) is 0 Å². The van der Waals surface area contributed by atoms with E-state index in [1.54, 1.807) is 12.3 Å². The number of amides is 1. The predicted octanol–water partition coefficient (Wildman–Crippen LogP) is 3.59. The van der Waals surface area contributed by atoms with E-state index in [1.807, 2.05) is 36.9 Å². The van der Waals surface area contributed by atoms with Gasteiger partial charge in [-0.3, -0.25) is 4.79 Å². The van der Waals surface area contributed by atoms with Gasteiger partial charge in [0.05, 0.1) is 25.1 Å². The number of ether oxygens (including phenoxy) is 1. The first-order valence-electron chi connectivity index (χ1n) is 11.9. The van der Waals surface area contributed by atoms with Gasteiger partial charge in [0.15, 0.2) is 5.82 Å². The second-order valence-electron chi connectivity index (χ2n) is 9.30. The summed E-state index contributed by atoms with van der Waals surface area (Å²) in [5, 5.41) is 5.83. The fraction of sp³-hybridized carbons (Fsp3) is 0.269. The monoisotopic (exact) mass is 502 g/mol. The molecule has 0 atom stereocenters. The minimum absolute atomic E-state index is 0.0797. The van der Waals surface area contributed by atoms with Crippen LogP contribution in [0.3, 0.4) is 0 Å². The summed E-state index contributed by atoms with van der Waals surface area (Å²) in [6.07, 6.45) is 2.96. The van der Waals surface area contributed by atoms with Crippen LogP contribution in [-0.2, 0) is 10.3 Å². The van der Waals surface area contributed by atoms with Gasteiger partial charge in [-0.05, 0) is 49.7 Å². The summed E-state index contributed by atoms with van der Waals surface area (Å²) in [6.45, 7) is 6.28. The highest BCUT2D eigenvalue weighted by Gasteiger charge is 2.18. The number of carbonyl (C=O) groups is 1. The van der Waals surface area contributed by atoms with Crippen LogP contribution in [0.5, 0.6) is 0 Å². The molecule has 2 aromatic carbocycles. The number of nitrogens with one attached hydrogen (secondary N) is 2. The van der Waals surface area contributed by atoms with Gasteiger partial charge in [0.2, 0.25) is 5.95 Å². The third-order valence-corrected chi connectivity index (χ3v) is 6.00. The normalized spacial score (nSPS) is 14.0. The first-order valence-corrected chi connectivity index (χ1v) is 11.9. The molecule has 0 radical (unpaired) electrons. The highest BCUT2D eigenvalue weighted by Crippen LogP contribution is 2.26. The Morgan fingerprint density at radius 2 is 1.92 bits per heavy atom. The Kier molecular flexibility index (Phi) is 6.64. The van der Waals surface area contributed by atoms with Crippen molar-refractivity contribution in [3.05, 3.63) is 71.9 Å². The number of anilines is 4. The minimum atomic E-state index is -0.556. The number of hydrogen-bond acceptors (Lipinski definition) is 9. The largest absolute Gasteiger partial charge is 0.378 e. The molecule has 4 N–H and O–H groups in total. The van der Waals surface area contributed by atoms with E-state index in [4.69, 9.17) is 10.5 Å². The summed E-state index contributed by atoms with van der Waals surface area (Å²) in [4.78, 5) is 32.5. The predicted molar refractivity (Wildman–Crippen MR) is 139 cm³/mol. The van der Waals surface area contributed by atoms with E-state index in [0.717, 1.165) is 5.56 Å². The lowest BCUT2D eigenvalue weighted by Crippen LogP contribution is -2.37. The van der Waals surface area contributed by atoms with Crippen molar-refractivity contribution in [2.75, 3.05) is 41.8 Å². The van der Waals surface area contributed by atoms with Crippen molar-refractivity contribution < 1.29 is 13.9 Å². The van der Waals surface area contributed by atoms with Gasteiger partial charge in [0.1, 0.15) is 23.2 Å². The fourth-order valence-electron chi connectivity index (χ4n) is 3.94. The molecular formula is C26H27FN8O2. The molecular weight excluding hydrogens is 475 g/mol. The molecule has 3 heterocycles. The Morgan fingerprint density at radius 3 is 2.70 bits per heavy atom. The summed E-state index contributed by atoms with van der Waals surface area (Å²) in [6, 6.07) is 11.4. The number of nitrogens with two attached hydrogens (primary N) is 1. The molecule has 190 valence electrons. The number of hydrogen-bond donors (Lipinski definition) is 3. The van der Waals surface area contributed by atoms with Crippen LogP contribution in [0.25, 0.3) is 11.0 Å². The average Bonchev–Trinajstić information content (AvgIpc) is 2.90. The molecule has 37 heavy (non-hydrogen) atoms. The zero-order chi connectivity index (χ0) is 26.0. The van der Waals surface area contributed by atoms with E-state index in [1.165, 1.54) is 24.5 Å². The Bertz CT molecular complexity index is 1450. The average molecular weight is 503 g/mol. The summed E-state index contributed by atoms with van der Waals surface area (Å²) in [5.74, 6) is -0.112. The van der Waals surface area contributed by atoms with Crippen molar-refractivity contribution in [3.63, 3.8) is 0 Å². The molecule has 1 aliphatic rings. The maximum absolute atomic E-state index is 14.8. The van der Waals surface area contributed by atoms with Gasteiger partial charge in [0.25, 0.3) is 5.91 Å². The van der Waals surface area contributed by atoms with Crippen molar-refractivity contribution in [2.24, 2.45) is 5.73 Å². The lowest BCUT2D eigenvalue weighted by Gasteiger charge is -2.26. The zero-order valence-electron chi connectivity index (χ0n) is 20.5. The molecule has 11 heteroatoms. The quantitative estimate of drug-likeness (QED) is 0.362. The van der Waals surface area contributed by atoms with Crippen LogP contribution in [0.1, 0.15) is 29.8 Å². The second-order valence-corrected chi connectivity index (χ2v) is 9.30. The number of carbonyl (C=O) groups excluding carboxylic acids is 1. The SMILES string of the molecule is CC(C)(N)c1cccc(NC(=O)c2ccc(F)c(Nc3ncnc4cnc(N5CCOCC5)nc34)c2)c1. The van der Waals surface area contributed by atoms with Gasteiger partial charge >= 0.3 is 0 Å². The highest BCUT2D eigenvalue weighted by molar-refractivity contribution is 6.05. The molecule has 10 nitrogen and oxygen atoms in total. The molecule has 0 saturated carbocycles. The fourth-order valence-corrected chi connectivity index (χ4v) is 3.94. The van der Waals surface area contributed by atoms with Crippen LogP contribution in [0.4, 0.5) is 27.5 Å². The zero-order valence-corrected chi connectivity index (χ0v) is 20.5. The summed E-state index contributed by atoms with van der Waals surface area (Å²) < 4.78 is 20.2. The molecule has 1 fully saturated rings. The summed E-state index contributed by atoms with van der Waals surface area (Å²) >= 11 is 0. The minimum Gasteiger partial charge on any atom is -0.378 e. The number of halogens is 1. The molecule has 4 aromatic rings. The smallest absolute Gasteiger partial charge is 0.255 e. The van der Waals surface area contributed by atoms with E-state index in [9.17, 15) is 9.18 Å². The first-order chi connectivity index (χ1) is 17.8. The van der Waals surface area contributed by atoms with E-state index < -0.39 is 11.4 Å². The lowest BCUT2D eigenvalue weighted by atomic mass is 9.95. The molecule has 0 aliphatic carbocycles. The van der Waals surface area contributed by atoms with Crippen molar-refractivity contribution in [1.29, 1.82) is 0 Å². The number of nitrogens with zero attached hydrogens (tertiary/aromatic N) is 5. The Hall–Kier alpha value is -4.22. The van der Waals surface area contributed by atoms with Crippen LogP contribution < -0.4 is 21.3 Å². The van der Waals surface area contributed by atoms with Gasteiger partial charge in [-0.25, -0.2) is 24.3 Å². The molecule has 0 bridgehead atoms. The third kappa shape index (κ3) is 5.47. The third-order valence-electron chi connectivity index (χ3n) is 6.00. The number of fused-ring (bicyclic) bond motifs is 1. The number of morpholine rings is 1. The van der Waals surface area contributed by atoms with Gasteiger partial charge < -0.3 is 26.0 Å². The number of rotatable bonds is 6. The van der Waals surface area contributed by atoms with E-state index in [-0.39, 0.29) is 17.2 Å². The Morgan fingerprint density at radius 1 is 1.11 bits per heavy atom. The van der Waals surface area contributed by atoms with Gasteiger partial charge in [-0.2, -0.15) is 0 Å². The highest BCUT2D eigenvalue weighted by atomic mass is 19.1. The van der Waals surface area contributed by atoms with Crippen LogP contribution in [0, 0.1) is 5.82 Å². The van der Waals surface area contributed by atoms with Crippen LogP contribution in [0.2, 0.25) is 0 Å². The number of benzene rings is 2. The Balaban J connectivity index is 1.41. The second kappa shape index (κ2) is 10.0.